The van der Waals surface area contributed by atoms with Gasteiger partial charge in [-0.2, -0.15) is 0 Å². The number of ether oxygens (including phenoxy) is 4. The molecule has 7 heteroatoms. The Morgan fingerprint density at radius 3 is 2.59 bits per heavy atom. The summed E-state index contributed by atoms with van der Waals surface area (Å²) in [7, 11) is 2.57. The van der Waals surface area contributed by atoms with Gasteiger partial charge in [-0.3, -0.25) is 0 Å². The maximum absolute atomic E-state index is 12.0. The number of alkyl halides is 1. The van der Waals surface area contributed by atoms with Crippen LogP contribution in [0.25, 0.3) is 0 Å². The maximum atomic E-state index is 12.0. The molecule has 0 aliphatic rings. The lowest BCUT2D eigenvalue weighted by Crippen LogP contribution is -2.14. The van der Waals surface area contributed by atoms with E-state index in [9.17, 15) is 9.59 Å². The number of esters is 2. The number of hydrogen-bond donors (Lipinski definition) is 0. The van der Waals surface area contributed by atoms with E-state index >= 15 is 0 Å². The number of halogens is 1. The molecule has 0 amide bonds. The third-order valence-corrected chi connectivity index (χ3v) is 2.72. The molecule has 0 spiro atoms. The van der Waals surface area contributed by atoms with Crippen molar-refractivity contribution in [2.24, 2.45) is 0 Å². The van der Waals surface area contributed by atoms with E-state index in [1.54, 1.807) is 12.1 Å². The monoisotopic (exact) mass is 328 g/mol. The van der Waals surface area contributed by atoms with E-state index < -0.39 is 11.9 Å². The Labute approximate surface area is 133 Å². The molecule has 1 aromatic rings. The molecule has 0 bridgehead atoms. The van der Waals surface area contributed by atoms with Crippen molar-refractivity contribution in [3.05, 3.63) is 41.9 Å². The maximum Gasteiger partial charge on any atom is 0.377 e. The highest BCUT2D eigenvalue weighted by Gasteiger charge is 2.19. The Kier molecular flexibility index (Phi) is 7.85. The molecule has 22 heavy (non-hydrogen) atoms. The van der Waals surface area contributed by atoms with Gasteiger partial charge in [0.15, 0.2) is 0 Å². The van der Waals surface area contributed by atoms with Crippen LogP contribution >= 0.6 is 11.6 Å². The van der Waals surface area contributed by atoms with E-state index in [4.69, 9.17) is 25.8 Å². The van der Waals surface area contributed by atoms with E-state index in [0.29, 0.717) is 12.3 Å². The molecule has 120 valence electrons. The van der Waals surface area contributed by atoms with Crippen molar-refractivity contribution in [1.82, 2.24) is 0 Å². The van der Waals surface area contributed by atoms with Gasteiger partial charge in [0.2, 0.25) is 5.76 Å². The number of methoxy groups -OCH3 is 2. The normalized spacial score (nSPS) is 10.8. The second kappa shape index (κ2) is 9.68. The Morgan fingerprint density at radius 2 is 1.95 bits per heavy atom. The largest absolute Gasteiger partial charge is 0.500 e. The topological polar surface area (TPSA) is 71.1 Å². The van der Waals surface area contributed by atoms with Crippen molar-refractivity contribution in [1.29, 1.82) is 0 Å². The van der Waals surface area contributed by atoms with Crippen LogP contribution in [0.3, 0.4) is 0 Å². The molecule has 0 aliphatic carbocycles. The van der Waals surface area contributed by atoms with Crippen LogP contribution in [0.1, 0.15) is 16.8 Å². The number of carbonyl (C=O) groups excluding carboxylic acids is 2. The summed E-state index contributed by atoms with van der Waals surface area (Å²) >= 11 is 5.53. The van der Waals surface area contributed by atoms with Gasteiger partial charge in [-0.05, 0) is 18.6 Å². The molecule has 0 aromatic heterocycles. The van der Waals surface area contributed by atoms with Crippen LogP contribution in [0.15, 0.2) is 36.3 Å². The molecule has 0 unspecified atom stereocenters. The first-order chi connectivity index (χ1) is 10.6. The molecule has 0 radical (unpaired) electrons. The summed E-state index contributed by atoms with van der Waals surface area (Å²) in [6.07, 6.45) is 1.63. The second-order valence-corrected chi connectivity index (χ2v) is 4.36. The predicted molar refractivity (Wildman–Crippen MR) is 79.8 cm³/mol. The average Bonchev–Trinajstić information content (AvgIpc) is 2.54. The van der Waals surface area contributed by atoms with E-state index in [0.717, 1.165) is 6.26 Å². The van der Waals surface area contributed by atoms with Crippen LogP contribution in [0.2, 0.25) is 0 Å². The summed E-state index contributed by atoms with van der Waals surface area (Å²) in [6, 6.07) is 6.38. The summed E-state index contributed by atoms with van der Waals surface area (Å²) in [6.45, 7) is 0.203. The fourth-order valence-electron chi connectivity index (χ4n) is 1.46. The van der Waals surface area contributed by atoms with Crippen molar-refractivity contribution < 1.29 is 28.5 Å². The van der Waals surface area contributed by atoms with Gasteiger partial charge in [-0.25, -0.2) is 9.59 Å². The van der Waals surface area contributed by atoms with Crippen molar-refractivity contribution in [3.63, 3.8) is 0 Å². The lowest BCUT2D eigenvalue weighted by atomic mass is 10.2. The summed E-state index contributed by atoms with van der Waals surface area (Å²) in [5.74, 6) is -0.929. The fourth-order valence-corrected chi connectivity index (χ4v) is 1.57. The molecule has 0 saturated carbocycles. The predicted octanol–water partition coefficient (Wildman–Crippen LogP) is 2.51. The van der Waals surface area contributed by atoms with E-state index in [-0.39, 0.29) is 23.7 Å². The molecule has 0 N–H and O–H groups in total. The van der Waals surface area contributed by atoms with Gasteiger partial charge in [0.05, 0.1) is 20.8 Å². The van der Waals surface area contributed by atoms with Crippen molar-refractivity contribution >= 4 is 23.5 Å². The summed E-state index contributed by atoms with van der Waals surface area (Å²) in [4.78, 5) is 23.6. The van der Waals surface area contributed by atoms with Crippen LogP contribution < -0.4 is 4.74 Å². The highest BCUT2D eigenvalue weighted by atomic mass is 35.5. The number of hydrogen-bond acceptors (Lipinski definition) is 6. The lowest BCUT2D eigenvalue weighted by molar-refractivity contribution is -0.138. The van der Waals surface area contributed by atoms with Crippen LogP contribution in [0.5, 0.6) is 5.75 Å². The third-order valence-electron chi connectivity index (χ3n) is 2.45. The smallest absolute Gasteiger partial charge is 0.377 e. The first-order valence-corrected chi connectivity index (χ1v) is 6.98. The third kappa shape index (κ3) is 5.29. The van der Waals surface area contributed by atoms with Crippen LogP contribution in [-0.2, 0) is 19.0 Å². The minimum Gasteiger partial charge on any atom is -0.500 e. The zero-order chi connectivity index (χ0) is 16.4. The number of rotatable bonds is 8. The quantitative estimate of drug-likeness (QED) is 0.240. The SMILES string of the molecule is COC=C(Oc1ccccc1C(=O)OCCCCl)C(=O)OC. The van der Waals surface area contributed by atoms with Crippen LogP contribution in [-0.4, -0.2) is 38.6 Å². The molecule has 0 atom stereocenters. The standard InChI is InChI=1S/C15H17ClO6/c1-19-10-13(15(18)20-2)22-12-7-4-3-6-11(12)14(17)21-9-5-8-16/h3-4,6-7,10H,5,8-9H2,1-2H3. The molecular weight excluding hydrogens is 312 g/mol. The average molecular weight is 329 g/mol. The molecular formula is C15H17ClO6. The van der Waals surface area contributed by atoms with Gasteiger partial charge < -0.3 is 18.9 Å². The molecule has 0 aliphatic heterocycles. The minimum absolute atomic E-state index is 0.159. The Balaban J connectivity index is 2.93. The molecule has 0 fully saturated rings. The molecule has 6 nitrogen and oxygen atoms in total. The number of benzene rings is 1. The van der Waals surface area contributed by atoms with Gasteiger partial charge in [0.25, 0.3) is 0 Å². The van der Waals surface area contributed by atoms with Crippen LogP contribution in [0.4, 0.5) is 0 Å². The summed E-state index contributed by atoms with van der Waals surface area (Å²) in [5.41, 5.74) is 0.183. The zero-order valence-electron chi connectivity index (χ0n) is 12.3. The zero-order valence-corrected chi connectivity index (χ0v) is 13.1. The van der Waals surface area contributed by atoms with E-state index in [1.807, 2.05) is 0 Å². The summed E-state index contributed by atoms with van der Waals surface area (Å²) in [5, 5.41) is 0. The molecule has 1 aromatic carbocycles. The van der Waals surface area contributed by atoms with Gasteiger partial charge in [0, 0.05) is 5.88 Å². The lowest BCUT2D eigenvalue weighted by Gasteiger charge is -2.11. The van der Waals surface area contributed by atoms with Crippen molar-refractivity contribution in [3.8, 4) is 5.75 Å². The van der Waals surface area contributed by atoms with Gasteiger partial charge in [-0.1, -0.05) is 12.1 Å². The number of para-hydroxylation sites is 1. The molecule has 1 rings (SSSR count). The number of carbonyl (C=O) groups is 2. The fraction of sp³-hybridized carbons (Fsp3) is 0.333. The Hall–Kier alpha value is -2.21. The van der Waals surface area contributed by atoms with E-state index in [2.05, 4.69) is 4.74 Å². The minimum atomic E-state index is -0.729. The van der Waals surface area contributed by atoms with Crippen molar-refractivity contribution in [2.75, 3.05) is 26.7 Å². The Morgan fingerprint density at radius 1 is 1.23 bits per heavy atom. The highest BCUT2D eigenvalue weighted by molar-refractivity contribution is 6.17. The van der Waals surface area contributed by atoms with Crippen molar-refractivity contribution in [2.45, 2.75) is 6.42 Å². The summed E-state index contributed by atoms with van der Waals surface area (Å²) < 4.78 is 19.8. The van der Waals surface area contributed by atoms with E-state index in [1.165, 1.54) is 26.4 Å². The van der Waals surface area contributed by atoms with Crippen LogP contribution in [0, 0.1) is 0 Å². The Bertz CT molecular complexity index is 541. The highest BCUT2D eigenvalue weighted by Crippen LogP contribution is 2.22. The molecule has 0 saturated heterocycles. The van der Waals surface area contributed by atoms with Gasteiger partial charge in [0.1, 0.15) is 17.6 Å². The molecule has 0 heterocycles. The van der Waals surface area contributed by atoms with Gasteiger partial charge >= 0.3 is 11.9 Å². The first-order valence-electron chi connectivity index (χ1n) is 6.45. The first kappa shape index (κ1) is 17.8. The second-order valence-electron chi connectivity index (χ2n) is 3.99. The van der Waals surface area contributed by atoms with Gasteiger partial charge in [-0.15, -0.1) is 11.6 Å².